The summed E-state index contributed by atoms with van der Waals surface area (Å²) in [5.74, 6) is 0.676. The Morgan fingerprint density at radius 2 is 1.21 bits per heavy atom. The zero-order valence-corrected chi connectivity index (χ0v) is 20.5. The highest BCUT2D eigenvalue weighted by Gasteiger charge is 2.18. The Bertz CT molecular complexity index is 2120. The summed E-state index contributed by atoms with van der Waals surface area (Å²) in [5.41, 5.74) is 7.46. The van der Waals surface area contributed by atoms with Gasteiger partial charge in [0.25, 0.3) is 0 Å². The first-order chi connectivity index (χ1) is 18.8. The summed E-state index contributed by atoms with van der Waals surface area (Å²) in [6, 6.07) is 44.4. The fourth-order valence-electron chi connectivity index (χ4n) is 5.61. The molecule has 3 aromatic heterocycles. The maximum atomic E-state index is 5.19. The Kier molecular flexibility index (Phi) is 4.49. The first kappa shape index (κ1) is 20.9. The van der Waals surface area contributed by atoms with Gasteiger partial charge in [0.2, 0.25) is 5.95 Å². The van der Waals surface area contributed by atoms with E-state index in [9.17, 15) is 0 Å². The molecule has 8 rings (SSSR count). The number of fused-ring (bicyclic) bond motifs is 5. The molecule has 0 aliphatic carbocycles. The molecule has 38 heavy (non-hydrogen) atoms. The molecule has 0 radical (unpaired) electrons. The second-order valence-corrected chi connectivity index (χ2v) is 9.56. The van der Waals surface area contributed by atoms with Gasteiger partial charge in [-0.3, -0.25) is 4.57 Å². The van der Waals surface area contributed by atoms with Gasteiger partial charge < -0.3 is 4.57 Å². The van der Waals surface area contributed by atoms with E-state index in [1.54, 1.807) is 0 Å². The highest BCUT2D eigenvalue weighted by molar-refractivity contribution is 6.13. The quantitative estimate of drug-likeness (QED) is 0.252. The van der Waals surface area contributed by atoms with Gasteiger partial charge in [-0.25, -0.2) is 9.97 Å². The van der Waals surface area contributed by atoms with E-state index in [0.29, 0.717) is 5.95 Å². The Labute approximate surface area is 219 Å². The molecule has 0 fully saturated rings. The average molecular weight is 487 g/mol. The van der Waals surface area contributed by atoms with Crippen LogP contribution in [-0.4, -0.2) is 19.1 Å². The highest BCUT2D eigenvalue weighted by Crippen LogP contribution is 2.36. The van der Waals surface area contributed by atoms with Gasteiger partial charge in [-0.15, -0.1) is 0 Å². The van der Waals surface area contributed by atoms with Crippen molar-refractivity contribution < 1.29 is 0 Å². The van der Waals surface area contributed by atoms with Crippen LogP contribution in [0.5, 0.6) is 0 Å². The molecule has 0 saturated heterocycles. The number of para-hydroxylation sites is 3. The lowest BCUT2D eigenvalue weighted by molar-refractivity contribution is 1.01. The van der Waals surface area contributed by atoms with Crippen LogP contribution in [0.4, 0.5) is 0 Å². The molecular formula is C34H22N4. The molecule has 4 nitrogen and oxygen atoms in total. The Morgan fingerprint density at radius 3 is 2.05 bits per heavy atom. The van der Waals surface area contributed by atoms with Crippen molar-refractivity contribution in [3.05, 3.63) is 134 Å². The van der Waals surface area contributed by atoms with E-state index in [4.69, 9.17) is 9.97 Å². The molecule has 4 heteroatoms. The van der Waals surface area contributed by atoms with Crippen molar-refractivity contribution in [2.45, 2.75) is 0 Å². The molecule has 0 N–H and O–H groups in total. The van der Waals surface area contributed by atoms with Crippen molar-refractivity contribution in [1.29, 1.82) is 0 Å². The van der Waals surface area contributed by atoms with Crippen LogP contribution in [0, 0.1) is 0 Å². The summed E-state index contributed by atoms with van der Waals surface area (Å²) in [4.78, 5) is 10.3. The first-order valence-corrected chi connectivity index (χ1v) is 12.8. The summed E-state index contributed by atoms with van der Waals surface area (Å²) in [5, 5.41) is 4.59. The summed E-state index contributed by atoms with van der Waals surface area (Å²) >= 11 is 0. The van der Waals surface area contributed by atoms with Crippen molar-refractivity contribution in [3.8, 4) is 22.9 Å². The minimum Gasteiger partial charge on any atom is -0.317 e. The monoisotopic (exact) mass is 486 g/mol. The lowest BCUT2D eigenvalue weighted by Crippen LogP contribution is -2.03. The zero-order valence-electron chi connectivity index (χ0n) is 20.5. The third kappa shape index (κ3) is 3.10. The van der Waals surface area contributed by atoms with Gasteiger partial charge in [0.05, 0.1) is 27.8 Å². The lowest BCUT2D eigenvalue weighted by atomic mass is 10.1. The van der Waals surface area contributed by atoms with E-state index in [1.807, 2.05) is 24.3 Å². The number of nitrogens with zero attached hydrogens (tertiary/aromatic N) is 4. The summed E-state index contributed by atoms with van der Waals surface area (Å²) in [7, 11) is 0. The van der Waals surface area contributed by atoms with Gasteiger partial charge in [0.15, 0.2) is 0 Å². The van der Waals surface area contributed by atoms with Gasteiger partial charge in [-0.05, 0) is 42.5 Å². The van der Waals surface area contributed by atoms with Crippen molar-refractivity contribution in [3.63, 3.8) is 0 Å². The lowest BCUT2D eigenvalue weighted by Gasteiger charge is -2.12. The van der Waals surface area contributed by atoms with Crippen molar-refractivity contribution in [2.24, 2.45) is 0 Å². The fraction of sp³-hybridized carbons (Fsp3) is 0. The van der Waals surface area contributed by atoms with Crippen LogP contribution in [0.25, 0.3) is 66.5 Å². The number of aromatic nitrogens is 4. The molecule has 0 saturated carbocycles. The van der Waals surface area contributed by atoms with Gasteiger partial charge in [-0.2, -0.15) is 0 Å². The van der Waals surface area contributed by atoms with E-state index in [2.05, 4.69) is 118 Å². The summed E-state index contributed by atoms with van der Waals surface area (Å²) in [6.07, 6.45) is 2.14. The van der Waals surface area contributed by atoms with Crippen molar-refractivity contribution in [1.82, 2.24) is 19.1 Å². The molecule has 0 spiro atoms. The number of hydrogen-bond acceptors (Lipinski definition) is 2. The van der Waals surface area contributed by atoms with Crippen molar-refractivity contribution in [2.75, 3.05) is 0 Å². The molecule has 178 valence electrons. The van der Waals surface area contributed by atoms with Gasteiger partial charge >= 0.3 is 0 Å². The van der Waals surface area contributed by atoms with Crippen LogP contribution in [0.15, 0.2) is 134 Å². The van der Waals surface area contributed by atoms with Crippen LogP contribution >= 0.6 is 0 Å². The number of benzene rings is 5. The van der Waals surface area contributed by atoms with E-state index >= 15 is 0 Å². The standard InChI is InChI=1S/C34H22N4/c1-3-11-23(12-4-1)33-27-16-7-9-17-29(27)35-34(36-33)38-30-18-10-8-15-26(30)28-22-31-24(21-32(28)38)19-20-37(31)25-13-5-2-6-14-25/h1-22H. The van der Waals surface area contributed by atoms with Crippen LogP contribution in [-0.2, 0) is 0 Å². The van der Waals surface area contributed by atoms with Crippen LogP contribution in [0.1, 0.15) is 0 Å². The normalized spacial score (nSPS) is 11.7. The van der Waals surface area contributed by atoms with E-state index in [1.165, 1.54) is 21.7 Å². The molecule has 0 bridgehead atoms. The van der Waals surface area contributed by atoms with Crippen LogP contribution in [0.3, 0.4) is 0 Å². The van der Waals surface area contributed by atoms with E-state index in [-0.39, 0.29) is 0 Å². The number of hydrogen-bond donors (Lipinski definition) is 0. The van der Waals surface area contributed by atoms with E-state index < -0.39 is 0 Å². The van der Waals surface area contributed by atoms with E-state index in [0.717, 1.165) is 38.9 Å². The maximum Gasteiger partial charge on any atom is 0.235 e. The second kappa shape index (κ2) is 8.15. The Morgan fingerprint density at radius 1 is 0.500 bits per heavy atom. The molecule has 0 amide bonds. The molecular weight excluding hydrogens is 464 g/mol. The minimum atomic E-state index is 0.676. The third-order valence-corrected chi connectivity index (χ3v) is 7.36. The second-order valence-electron chi connectivity index (χ2n) is 9.56. The predicted molar refractivity (Wildman–Crippen MR) is 156 cm³/mol. The predicted octanol–water partition coefficient (Wildman–Crippen LogP) is 8.34. The molecule has 5 aromatic carbocycles. The smallest absolute Gasteiger partial charge is 0.235 e. The van der Waals surface area contributed by atoms with Crippen molar-refractivity contribution >= 4 is 43.6 Å². The summed E-state index contributed by atoms with van der Waals surface area (Å²) in [6.45, 7) is 0. The Balaban J connectivity index is 1.46. The maximum absolute atomic E-state index is 5.19. The minimum absolute atomic E-state index is 0.676. The molecule has 0 unspecified atom stereocenters. The van der Waals surface area contributed by atoms with Crippen LogP contribution in [0.2, 0.25) is 0 Å². The topological polar surface area (TPSA) is 35.6 Å². The van der Waals surface area contributed by atoms with Gasteiger partial charge in [0, 0.05) is 39.0 Å². The first-order valence-electron chi connectivity index (χ1n) is 12.8. The largest absolute Gasteiger partial charge is 0.317 e. The highest BCUT2D eigenvalue weighted by atomic mass is 15.2. The molecule has 0 atom stereocenters. The fourth-order valence-corrected chi connectivity index (χ4v) is 5.61. The van der Waals surface area contributed by atoms with Crippen LogP contribution < -0.4 is 0 Å². The zero-order chi connectivity index (χ0) is 25.1. The van der Waals surface area contributed by atoms with Gasteiger partial charge in [0.1, 0.15) is 0 Å². The molecule has 0 aliphatic rings. The molecule has 8 aromatic rings. The molecule has 3 heterocycles. The SMILES string of the molecule is c1ccc(-c2nc(-n3c4ccccc4c4cc5c(ccn5-c5ccccc5)cc43)nc3ccccc23)cc1. The Hall–Kier alpha value is -5.22. The molecule has 0 aliphatic heterocycles. The average Bonchev–Trinajstić information content (AvgIpc) is 3.55. The number of rotatable bonds is 3. The third-order valence-electron chi connectivity index (χ3n) is 7.36. The summed E-state index contributed by atoms with van der Waals surface area (Å²) < 4.78 is 4.46. The van der Waals surface area contributed by atoms with Gasteiger partial charge in [-0.1, -0.05) is 84.9 Å².